The van der Waals surface area contributed by atoms with Crippen molar-refractivity contribution in [3.63, 3.8) is 0 Å². The number of Topliss-reactive ketones (excluding diaryl/α,β-unsaturated/α-hetero) is 1. The number of likely N-dealkylation sites (tertiary alicyclic amines) is 1. The number of carbonyl (C=O) groups excluding carboxylic acids is 1. The van der Waals surface area contributed by atoms with Crippen molar-refractivity contribution in [3.8, 4) is 0 Å². The summed E-state index contributed by atoms with van der Waals surface area (Å²) in [5, 5.41) is 0. The topological polar surface area (TPSA) is 20.3 Å². The number of aryl methyl sites for hydroxylation is 2. The average Bonchev–Trinajstić information content (AvgIpc) is 2.64. The molecule has 0 amide bonds. The lowest BCUT2D eigenvalue weighted by atomic mass is 9.93. The molecule has 0 spiro atoms. The molecule has 1 aliphatic heterocycles. The zero-order valence-electron chi connectivity index (χ0n) is 12.6. The van der Waals surface area contributed by atoms with Gasteiger partial charge in [0.15, 0.2) is 5.78 Å². The molecule has 1 aromatic carbocycles. The van der Waals surface area contributed by atoms with E-state index in [1.807, 2.05) is 26.0 Å². The lowest BCUT2D eigenvalue weighted by Gasteiger charge is -2.19. The molecule has 2 rings (SSSR count). The molecule has 1 saturated heterocycles. The van der Waals surface area contributed by atoms with E-state index >= 15 is 0 Å². The second-order valence-electron chi connectivity index (χ2n) is 6.74. The molecule has 0 atom stereocenters. The fraction of sp³-hybridized carbons (Fsp3) is 0.588. The molecule has 0 saturated carbocycles. The minimum Gasteiger partial charge on any atom is -0.302 e. The van der Waals surface area contributed by atoms with Crippen LogP contribution in [-0.2, 0) is 0 Å². The van der Waals surface area contributed by atoms with E-state index in [1.54, 1.807) is 0 Å². The smallest absolute Gasteiger partial charge is 0.164 e. The molecule has 0 aromatic heterocycles. The molecule has 1 heterocycles. The van der Waals surface area contributed by atoms with Crippen molar-refractivity contribution < 1.29 is 4.79 Å². The lowest BCUT2D eigenvalue weighted by Crippen LogP contribution is -2.26. The standard InChI is InChI=1S/C17H25NO/c1-13-9-14(2)11-15(10-13)16(19)5-7-18-8-6-17(3,4)12-18/h9-11H,5-8,12H2,1-4H3. The second kappa shape index (κ2) is 5.46. The zero-order chi connectivity index (χ0) is 14.0. The number of hydrogen-bond acceptors (Lipinski definition) is 2. The summed E-state index contributed by atoms with van der Waals surface area (Å²) in [4.78, 5) is 14.7. The molecule has 104 valence electrons. The second-order valence-corrected chi connectivity index (χ2v) is 6.74. The first-order valence-electron chi connectivity index (χ1n) is 7.20. The van der Waals surface area contributed by atoms with E-state index in [4.69, 9.17) is 0 Å². The molecular formula is C17H25NO. The Hall–Kier alpha value is -1.15. The van der Waals surface area contributed by atoms with E-state index in [9.17, 15) is 4.79 Å². The number of nitrogens with zero attached hydrogens (tertiary/aromatic N) is 1. The van der Waals surface area contributed by atoms with Crippen molar-refractivity contribution in [2.75, 3.05) is 19.6 Å². The van der Waals surface area contributed by atoms with Crippen LogP contribution in [0.3, 0.4) is 0 Å². The van der Waals surface area contributed by atoms with Gasteiger partial charge in [-0.15, -0.1) is 0 Å². The van der Waals surface area contributed by atoms with Gasteiger partial charge in [-0.3, -0.25) is 4.79 Å². The summed E-state index contributed by atoms with van der Waals surface area (Å²) in [7, 11) is 0. The summed E-state index contributed by atoms with van der Waals surface area (Å²) in [6.07, 6.45) is 1.88. The summed E-state index contributed by atoms with van der Waals surface area (Å²) >= 11 is 0. The van der Waals surface area contributed by atoms with Gasteiger partial charge < -0.3 is 4.90 Å². The van der Waals surface area contributed by atoms with Gasteiger partial charge in [-0.2, -0.15) is 0 Å². The van der Waals surface area contributed by atoms with Crippen molar-refractivity contribution >= 4 is 5.78 Å². The van der Waals surface area contributed by atoms with E-state index in [0.717, 1.165) is 25.2 Å². The molecule has 1 fully saturated rings. The minimum atomic E-state index is 0.275. The summed E-state index contributed by atoms with van der Waals surface area (Å²) in [5.41, 5.74) is 3.63. The Morgan fingerprint density at radius 3 is 2.37 bits per heavy atom. The quantitative estimate of drug-likeness (QED) is 0.770. The molecule has 1 aromatic rings. The monoisotopic (exact) mass is 259 g/mol. The molecule has 2 heteroatoms. The highest BCUT2D eigenvalue weighted by molar-refractivity contribution is 5.96. The van der Waals surface area contributed by atoms with Gasteiger partial charge in [0, 0.05) is 25.1 Å². The Morgan fingerprint density at radius 1 is 1.21 bits per heavy atom. The third kappa shape index (κ3) is 3.90. The summed E-state index contributed by atoms with van der Waals surface area (Å²) in [5.74, 6) is 0.275. The molecule has 1 aliphatic rings. The van der Waals surface area contributed by atoms with E-state index in [-0.39, 0.29) is 5.78 Å². The number of ketones is 1. The minimum absolute atomic E-state index is 0.275. The van der Waals surface area contributed by atoms with Crippen LogP contribution in [-0.4, -0.2) is 30.3 Å². The van der Waals surface area contributed by atoms with E-state index in [0.29, 0.717) is 11.8 Å². The lowest BCUT2D eigenvalue weighted by molar-refractivity contribution is 0.0966. The van der Waals surface area contributed by atoms with Crippen molar-refractivity contribution in [3.05, 3.63) is 34.9 Å². The summed E-state index contributed by atoms with van der Waals surface area (Å²) in [6.45, 7) is 11.9. The maximum atomic E-state index is 12.2. The Kier molecular flexibility index (Phi) is 4.10. The molecular weight excluding hydrogens is 234 g/mol. The molecule has 0 unspecified atom stereocenters. The highest BCUT2D eigenvalue weighted by Gasteiger charge is 2.28. The maximum Gasteiger partial charge on any atom is 0.164 e. The molecule has 2 nitrogen and oxygen atoms in total. The van der Waals surface area contributed by atoms with Crippen LogP contribution in [0.15, 0.2) is 18.2 Å². The molecule has 0 aliphatic carbocycles. The molecule has 0 bridgehead atoms. The Labute approximate surface area is 116 Å². The van der Waals surface area contributed by atoms with Crippen molar-refractivity contribution in [1.82, 2.24) is 4.90 Å². The first-order valence-corrected chi connectivity index (χ1v) is 7.20. The van der Waals surface area contributed by atoms with Gasteiger partial charge in [0.25, 0.3) is 0 Å². The SMILES string of the molecule is Cc1cc(C)cc(C(=O)CCN2CCC(C)(C)C2)c1. The Morgan fingerprint density at radius 2 is 1.84 bits per heavy atom. The van der Waals surface area contributed by atoms with Gasteiger partial charge in [-0.1, -0.05) is 31.0 Å². The zero-order valence-corrected chi connectivity index (χ0v) is 12.6. The van der Waals surface area contributed by atoms with E-state index in [2.05, 4.69) is 24.8 Å². The van der Waals surface area contributed by atoms with Gasteiger partial charge in [0.1, 0.15) is 0 Å². The van der Waals surface area contributed by atoms with Gasteiger partial charge >= 0.3 is 0 Å². The third-order valence-electron chi connectivity index (χ3n) is 3.96. The van der Waals surface area contributed by atoms with Crippen LogP contribution in [0.4, 0.5) is 0 Å². The number of carbonyl (C=O) groups is 1. The average molecular weight is 259 g/mol. The van der Waals surface area contributed by atoms with Gasteiger partial charge in [-0.05, 0) is 44.4 Å². The normalized spacial score (nSPS) is 18.7. The van der Waals surface area contributed by atoms with Crippen LogP contribution < -0.4 is 0 Å². The number of rotatable bonds is 4. The maximum absolute atomic E-state index is 12.2. The van der Waals surface area contributed by atoms with E-state index < -0.39 is 0 Å². The van der Waals surface area contributed by atoms with Crippen LogP contribution in [0.25, 0.3) is 0 Å². The predicted molar refractivity (Wildman–Crippen MR) is 79.7 cm³/mol. The molecule has 0 N–H and O–H groups in total. The third-order valence-corrected chi connectivity index (χ3v) is 3.96. The van der Waals surface area contributed by atoms with Crippen LogP contribution in [0, 0.1) is 19.3 Å². The highest BCUT2D eigenvalue weighted by atomic mass is 16.1. The number of benzene rings is 1. The van der Waals surface area contributed by atoms with Crippen LogP contribution in [0.2, 0.25) is 0 Å². The van der Waals surface area contributed by atoms with Crippen molar-refractivity contribution in [2.24, 2.45) is 5.41 Å². The predicted octanol–water partition coefficient (Wildman–Crippen LogP) is 3.61. The van der Waals surface area contributed by atoms with Crippen molar-refractivity contribution in [2.45, 2.75) is 40.5 Å². The number of hydrogen-bond donors (Lipinski definition) is 0. The fourth-order valence-corrected chi connectivity index (χ4v) is 2.95. The summed E-state index contributed by atoms with van der Waals surface area (Å²) < 4.78 is 0. The molecule has 0 radical (unpaired) electrons. The fourth-order valence-electron chi connectivity index (χ4n) is 2.95. The largest absolute Gasteiger partial charge is 0.302 e. The Balaban J connectivity index is 1.91. The van der Waals surface area contributed by atoms with Crippen LogP contribution >= 0.6 is 0 Å². The van der Waals surface area contributed by atoms with Gasteiger partial charge in [0.05, 0.1) is 0 Å². The van der Waals surface area contributed by atoms with Crippen LogP contribution in [0.5, 0.6) is 0 Å². The first kappa shape index (κ1) is 14.3. The van der Waals surface area contributed by atoms with Gasteiger partial charge in [0.2, 0.25) is 0 Å². The van der Waals surface area contributed by atoms with Gasteiger partial charge in [-0.25, -0.2) is 0 Å². The first-order chi connectivity index (χ1) is 8.85. The molecule has 19 heavy (non-hydrogen) atoms. The van der Waals surface area contributed by atoms with Crippen LogP contribution in [0.1, 0.15) is 48.2 Å². The Bertz CT molecular complexity index is 456. The van der Waals surface area contributed by atoms with E-state index in [1.165, 1.54) is 17.5 Å². The summed E-state index contributed by atoms with van der Waals surface area (Å²) in [6, 6.07) is 6.12. The highest BCUT2D eigenvalue weighted by Crippen LogP contribution is 2.28. The van der Waals surface area contributed by atoms with Crippen molar-refractivity contribution in [1.29, 1.82) is 0 Å².